The molecule has 10 heteroatoms. The molecule has 2 aromatic carbocycles. The van der Waals surface area contributed by atoms with E-state index in [1.165, 1.54) is 11.0 Å². The van der Waals surface area contributed by atoms with Crippen molar-refractivity contribution in [3.05, 3.63) is 65.7 Å². The summed E-state index contributed by atoms with van der Waals surface area (Å²) in [7, 11) is 1.64. The number of hydrogen-bond donors (Lipinski definition) is 3. The lowest BCUT2D eigenvalue weighted by Gasteiger charge is -2.34. The molecule has 1 aliphatic heterocycles. The van der Waals surface area contributed by atoms with Gasteiger partial charge in [0, 0.05) is 26.2 Å². The number of carbonyl (C=O) groups is 3. The van der Waals surface area contributed by atoms with Gasteiger partial charge in [0.25, 0.3) is 0 Å². The number of urea groups is 1. The van der Waals surface area contributed by atoms with E-state index in [0.717, 1.165) is 24.8 Å². The third-order valence-corrected chi connectivity index (χ3v) is 6.98. The molecule has 4 amide bonds. The number of carbonyl (C=O) groups excluding carboxylic acids is 3. The predicted molar refractivity (Wildman–Crippen MR) is 142 cm³/mol. The van der Waals surface area contributed by atoms with E-state index in [0.29, 0.717) is 24.4 Å². The van der Waals surface area contributed by atoms with E-state index in [1.54, 1.807) is 31.0 Å². The number of imidazole rings is 1. The number of piperidine rings is 1. The topological polar surface area (TPSA) is 110 Å². The van der Waals surface area contributed by atoms with Crippen molar-refractivity contribution in [1.29, 1.82) is 0 Å². The van der Waals surface area contributed by atoms with Crippen molar-refractivity contribution in [2.75, 3.05) is 13.6 Å². The van der Waals surface area contributed by atoms with E-state index >= 15 is 0 Å². The monoisotopic (exact) mass is 522 g/mol. The van der Waals surface area contributed by atoms with E-state index in [-0.39, 0.29) is 23.9 Å². The number of hydrogen-bond acceptors (Lipinski definition) is 4. The number of para-hydroxylation sites is 1. The highest BCUT2D eigenvalue weighted by Crippen LogP contribution is 2.20. The van der Waals surface area contributed by atoms with Crippen molar-refractivity contribution in [2.45, 2.75) is 64.2 Å². The van der Waals surface area contributed by atoms with Crippen LogP contribution in [-0.4, -0.2) is 63.3 Å². The number of likely N-dealkylation sites (tertiary alicyclic amines) is 1. The molecular weight excluding hydrogens is 487 g/mol. The second-order valence-electron chi connectivity index (χ2n) is 9.97. The molecule has 9 nitrogen and oxygen atoms in total. The Kier molecular flexibility index (Phi) is 8.60. The van der Waals surface area contributed by atoms with Gasteiger partial charge in [-0.1, -0.05) is 36.4 Å². The van der Waals surface area contributed by atoms with Gasteiger partial charge in [-0.25, -0.2) is 14.2 Å². The van der Waals surface area contributed by atoms with Gasteiger partial charge in [-0.05, 0) is 50.8 Å². The van der Waals surface area contributed by atoms with Gasteiger partial charge in [-0.15, -0.1) is 0 Å². The largest absolute Gasteiger partial charge is 0.345 e. The fourth-order valence-electron chi connectivity index (χ4n) is 4.76. The molecule has 4 rings (SSSR count). The van der Waals surface area contributed by atoms with Crippen molar-refractivity contribution < 1.29 is 18.8 Å². The normalized spacial score (nSPS) is 17.1. The Hall–Kier alpha value is -3.95. The lowest BCUT2D eigenvalue weighted by Crippen LogP contribution is -2.53. The van der Waals surface area contributed by atoms with Crippen molar-refractivity contribution in [3.8, 4) is 0 Å². The van der Waals surface area contributed by atoms with Gasteiger partial charge in [0.1, 0.15) is 17.4 Å². The van der Waals surface area contributed by atoms with Gasteiger partial charge in [-0.3, -0.25) is 9.59 Å². The van der Waals surface area contributed by atoms with Crippen LogP contribution in [0.2, 0.25) is 0 Å². The van der Waals surface area contributed by atoms with Crippen LogP contribution in [0.25, 0.3) is 11.0 Å². The maximum atomic E-state index is 14.1. The average Bonchev–Trinajstić information content (AvgIpc) is 3.35. The Balaban J connectivity index is 1.48. The van der Waals surface area contributed by atoms with Crippen molar-refractivity contribution >= 4 is 28.9 Å². The minimum absolute atomic E-state index is 0.0841. The number of halogens is 1. The third kappa shape index (κ3) is 6.48. The molecule has 0 radical (unpaired) electrons. The highest BCUT2D eigenvalue weighted by Gasteiger charge is 2.31. The Morgan fingerprint density at radius 1 is 1.13 bits per heavy atom. The highest BCUT2D eigenvalue weighted by molar-refractivity contribution is 5.92. The summed E-state index contributed by atoms with van der Waals surface area (Å²) in [6.07, 6.45) is 2.72. The van der Waals surface area contributed by atoms with Crippen LogP contribution in [0.5, 0.6) is 0 Å². The first kappa shape index (κ1) is 27.1. The first-order chi connectivity index (χ1) is 18.2. The summed E-state index contributed by atoms with van der Waals surface area (Å²) in [6.45, 7) is 4.69. The number of amides is 4. The van der Waals surface area contributed by atoms with Gasteiger partial charge in [0.2, 0.25) is 11.8 Å². The number of nitrogens with zero attached hydrogens (tertiary/aromatic N) is 3. The van der Waals surface area contributed by atoms with Crippen LogP contribution in [-0.2, 0) is 16.1 Å². The number of H-pyrrole nitrogens is 1. The molecule has 3 aromatic rings. The molecule has 0 aliphatic carbocycles. The Morgan fingerprint density at radius 2 is 1.89 bits per heavy atom. The first-order valence-corrected chi connectivity index (χ1v) is 13.0. The summed E-state index contributed by atoms with van der Waals surface area (Å²) >= 11 is 0. The van der Waals surface area contributed by atoms with E-state index < -0.39 is 29.8 Å². The average molecular weight is 523 g/mol. The lowest BCUT2D eigenvalue weighted by atomic mass is 10.0. The molecule has 0 unspecified atom stereocenters. The van der Waals surface area contributed by atoms with Crippen LogP contribution in [0.15, 0.2) is 48.5 Å². The second-order valence-corrected chi connectivity index (χ2v) is 9.97. The lowest BCUT2D eigenvalue weighted by molar-refractivity contribution is -0.137. The number of benzene rings is 2. The second kappa shape index (κ2) is 12.1. The van der Waals surface area contributed by atoms with Crippen LogP contribution < -0.4 is 10.6 Å². The van der Waals surface area contributed by atoms with Crippen molar-refractivity contribution in [1.82, 2.24) is 30.4 Å². The van der Waals surface area contributed by atoms with Crippen LogP contribution >= 0.6 is 0 Å². The van der Waals surface area contributed by atoms with Crippen LogP contribution in [0.3, 0.4) is 0 Å². The molecule has 1 aromatic heterocycles. The van der Waals surface area contributed by atoms with Crippen LogP contribution in [0.1, 0.15) is 57.0 Å². The van der Waals surface area contributed by atoms with Gasteiger partial charge in [0.15, 0.2) is 5.82 Å². The molecular formula is C28H35FN6O3. The summed E-state index contributed by atoms with van der Waals surface area (Å²) in [5.74, 6) is -0.781. The summed E-state index contributed by atoms with van der Waals surface area (Å²) in [5, 5.41) is 5.58. The molecule has 3 N–H and O–H groups in total. The number of aromatic amines is 1. The van der Waals surface area contributed by atoms with Crippen LogP contribution in [0.4, 0.5) is 9.18 Å². The van der Waals surface area contributed by atoms with Gasteiger partial charge < -0.3 is 25.4 Å². The number of rotatable bonds is 8. The molecule has 1 fully saturated rings. The zero-order valence-electron chi connectivity index (χ0n) is 22.0. The van der Waals surface area contributed by atoms with Gasteiger partial charge in [-0.2, -0.15) is 0 Å². The minimum Gasteiger partial charge on any atom is -0.345 e. The predicted octanol–water partition coefficient (Wildman–Crippen LogP) is 3.88. The molecule has 202 valence electrons. The summed E-state index contributed by atoms with van der Waals surface area (Å²) in [4.78, 5) is 50.2. The summed E-state index contributed by atoms with van der Waals surface area (Å²) < 4.78 is 14.1. The van der Waals surface area contributed by atoms with Gasteiger partial charge >= 0.3 is 6.03 Å². The third-order valence-electron chi connectivity index (χ3n) is 6.98. The van der Waals surface area contributed by atoms with E-state index in [2.05, 4.69) is 20.6 Å². The van der Waals surface area contributed by atoms with E-state index in [4.69, 9.17) is 0 Å². The maximum Gasteiger partial charge on any atom is 0.318 e. The molecule has 2 heterocycles. The van der Waals surface area contributed by atoms with Crippen molar-refractivity contribution in [2.24, 2.45) is 0 Å². The highest BCUT2D eigenvalue weighted by atomic mass is 19.1. The quantitative estimate of drug-likeness (QED) is 0.417. The van der Waals surface area contributed by atoms with Crippen molar-refractivity contribution in [3.63, 3.8) is 0 Å². The van der Waals surface area contributed by atoms with Crippen LogP contribution in [0, 0.1) is 5.82 Å². The number of nitrogens with one attached hydrogen (secondary N) is 3. The Morgan fingerprint density at radius 3 is 2.61 bits per heavy atom. The molecule has 3 atom stereocenters. The fourth-order valence-corrected chi connectivity index (χ4v) is 4.76. The number of aromatic nitrogens is 2. The maximum absolute atomic E-state index is 14.1. The Labute approximate surface area is 221 Å². The minimum atomic E-state index is -1.09. The van der Waals surface area contributed by atoms with E-state index in [9.17, 15) is 18.8 Å². The van der Waals surface area contributed by atoms with E-state index in [1.807, 2.05) is 37.3 Å². The fraction of sp³-hybridized carbons (Fsp3) is 0.429. The smallest absolute Gasteiger partial charge is 0.318 e. The molecule has 1 aliphatic rings. The first-order valence-electron chi connectivity index (χ1n) is 13.0. The molecule has 0 saturated carbocycles. The molecule has 0 bridgehead atoms. The molecule has 38 heavy (non-hydrogen) atoms. The van der Waals surface area contributed by atoms with Gasteiger partial charge in [0.05, 0.1) is 18.0 Å². The molecule has 0 spiro atoms. The number of fused-ring (bicyclic) bond motifs is 1. The molecule has 1 saturated heterocycles. The summed E-state index contributed by atoms with van der Waals surface area (Å²) in [5.41, 5.74) is 1.64. The Bertz CT molecular complexity index is 1280. The zero-order chi connectivity index (χ0) is 27.2. The zero-order valence-corrected chi connectivity index (χ0v) is 22.0. The summed E-state index contributed by atoms with van der Waals surface area (Å²) in [6, 6.07) is 12.0. The SMILES string of the molecule is C[C@H](NC(=O)[C@H](CC(=O)N1CCCC[C@@H]1C)NC(=O)N(C)Cc1ccccc1)c1nc2c(F)cccc2[nH]1. The standard InChI is InChI=1S/C28H35FN6O3/c1-18-10-7-8-15-35(18)24(36)16-23(32-28(38)34(3)17-20-11-5-4-6-12-20)27(37)30-19(2)26-31-22-14-9-13-21(29)25(22)33-26/h4-6,9,11-14,18-19,23H,7-8,10,15-17H2,1-3H3,(H,30,37)(H,31,33)(H,32,38)/t18-,19-,23-/m0/s1.